The van der Waals surface area contributed by atoms with Gasteiger partial charge in [-0.2, -0.15) is 0 Å². The van der Waals surface area contributed by atoms with Crippen molar-refractivity contribution in [2.45, 2.75) is 26.0 Å². The maximum Gasteiger partial charge on any atom is 0.188 e. The first-order valence-corrected chi connectivity index (χ1v) is 11.0. The molecule has 1 atom stereocenters. The monoisotopic (exact) mass is 429 g/mol. The lowest BCUT2D eigenvalue weighted by molar-refractivity contribution is 0.0511. The molecule has 1 unspecified atom stereocenters. The highest BCUT2D eigenvalue weighted by Gasteiger charge is 2.21. The molecule has 4 heteroatoms. The molecule has 0 heterocycles. The van der Waals surface area contributed by atoms with E-state index in [1.54, 1.807) is 7.11 Å². The van der Waals surface area contributed by atoms with Crippen molar-refractivity contribution in [1.82, 2.24) is 4.90 Å². The number of methoxy groups -OCH3 is 1. The summed E-state index contributed by atoms with van der Waals surface area (Å²) in [6.07, 6.45) is 2.12. The zero-order valence-corrected chi connectivity index (χ0v) is 19.3. The second-order valence-corrected chi connectivity index (χ2v) is 8.29. The third kappa shape index (κ3) is 4.87. The van der Waals surface area contributed by atoms with Gasteiger partial charge in [0.25, 0.3) is 0 Å². The van der Waals surface area contributed by atoms with E-state index in [1.807, 2.05) is 38.1 Å². The Kier molecular flexibility index (Phi) is 6.93. The summed E-state index contributed by atoms with van der Waals surface area (Å²) in [4.78, 5) is 2.05. The van der Waals surface area contributed by atoms with Gasteiger partial charge in [-0.15, -0.1) is 0 Å². The lowest BCUT2D eigenvalue weighted by Gasteiger charge is -2.21. The van der Waals surface area contributed by atoms with Crippen LogP contribution in [0.15, 0.2) is 72.8 Å². The van der Waals surface area contributed by atoms with Gasteiger partial charge < -0.3 is 14.2 Å². The molecule has 166 valence electrons. The zero-order valence-electron chi connectivity index (χ0n) is 19.3. The van der Waals surface area contributed by atoms with Crippen LogP contribution in [-0.2, 0) is 11.2 Å². The zero-order chi connectivity index (χ0) is 22.5. The van der Waals surface area contributed by atoms with Gasteiger partial charge in [-0.1, -0.05) is 48.5 Å². The molecule has 0 aromatic heterocycles. The van der Waals surface area contributed by atoms with Crippen LogP contribution in [0.5, 0.6) is 11.5 Å². The first-order chi connectivity index (χ1) is 15.6. The van der Waals surface area contributed by atoms with Crippen molar-refractivity contribution in [3.05, 3.63) is 95.1 Å². The fourth-order valence-electron chi connectivity index (χ4n) is 4.05. The first-order valence-electron chi connectivity index (χ1n) is 11.0. The Hall–Kier alpha value is -3.08. The van der Waals surface area contributed by atoms with Crippen LogP contribution in [-0.4, -0.2) is 39.1 Å². The SMILES string of the molecule is COCOc1ccc(/C(=C2/CCc3ccccc32)c2ccc(OC(C)N(C)C)cc2)cc1. The summed E-state index contributed by atoms with van der Waals surface area (Å²) in [5.41, 5.74) is 7.79. The maximum atomic E-state index is 6.03. The highest BCUT2D eigenvalue weighted by atomic mass is 16.7. The number of ether oxygens (including phenoxy) is 3. The van der Waals surface area contributed by atoms with Crippen molar-refractivity contribution >= 4 is 11.1 Å². The van der Waals surface area contributed by atoms with Gasteiger partial charge in [0.1, 0.15) is 17.7 Å². The Balaban J connectivity index is 1.73. The molecule has 1 aliphatic carbocycles. The molecular weight excluding hydrogens is 398 g/mol. The Morgan fingerprint density at radius 2 is 1.47 bits per heavy atom. The molecule has 4 nitrogen and oxygen atoms in total. The summed E-state index contributed by atoms with van der Waals surface area (Å²) >= 11 is 0. The average Bonchev–Trinajstić information content (AvgIpc) is 3.23. The van der Waals surface area contributed by atoms with Crippen LogP contribution in [0.3, 0.4) is 0 Å². The summed E-state index contributed by atoms with van der Waals surface area (Å²) in [6, 6.07) is 25.5. The van der Waals surface area contributed by atoms with E-state index in [0.29, 0.717) is 0 Å². The van der Waals surface area contributed by atoms with Crippen LogP contribution in [0.25, 0.3) is 11.1 Å². The van der Waals surface area contributed by atoms with Crippen molar-refractivity contribution < 1.29 is 14.2 Å². The Morgan fingerprint density at radius 3 is 2.09 bits per heavy atom. The lowest BCUT2D eigenvalue weighted by atomic mass is 9.90. The predicted octanol–water partition coefficient (Wildman–Crippen LogP) is 5.86. The van der Waals surface area contributed by atoms with E-state index >= 15 is 0 Å². The highest BCUT2D eigenvalue weighted by Crippen LogP contribution is 2.41. The van der Waals surface area contributed by atoms with E-state index in [0.717, 1.165) is 24.3 Å². The van der Waals surface area contributed by atoms with E-state index in [1.165, 1.54) is 33.4 Å². The van der Waals surface area contributed by atoms with E-state index in [2.05, 4.69) is 60.7 Å². The van der Waals surface area contributed by atoms with Gasteiger partial charge in [0.15, 0.2) is 6.79 Å². The topological polar surface area (TPSA) is 30.9 Å². The van der Waals surface area contributed by atoms with Crippen LogP contribution in [0, 0.1) is 0 Å². The second kappa shape index (κ2) is 10.0. The number of rotatable bonds is 8. The van der Waals surface area contributed by atoms with Gasteiger partial charge >= 0.3 is 0 Å². The van der Waals surface area contributed by atoms with Crippen LogP contribution in [0.1, 0.15) is 35.6 Å². The average molecular weight is 430 g/mol. The number of hydrogen-bond donors (Lipinski definition) is 0. The van der Waals surface area contributed by atoms with Gasteiger partial charge in [0.2, 0.25) is 0 Å². The highest BCUT2D eigenvalue weighted by molar-refractivity contribution is 6.00. The number of hydrogen-bond acceptors (Lipinski definition) is 4. The smallest absolute Gasteiger partial charge is 0.188 e. The molecule has 32 heavy (non-hydrogen) atoms. The lowest BCUT2D eigenvalue weighted by Crippen LogP contribution is -2.30. The summed E-state index contributed by atoms with van der Waals surface area (Å²) in [5, 5.41) is 0. The molecule has 0 saturated carbocycles. The minimum atomic E-state index is 0.0139. The number of aryl methyl sites for hydroxylation is 1. The maximum absolute atomic E-state index is 6.03. The molecule has 4 rings (SSSR count). The van der Waals surface area contributed by atoms with Crippen LogP contribution in [0.2, 0.25) is 0 Å². The number of allylic oxidation sites excluding steroid dienone is 1. The van der Waals surface area contributed by atoms with Crippen molar-refractivity contribution in [2.75, 3.05) is 28.0 Å². The van der Waals surface area contributed by atoms with Gasteiger partial charge in [-0.05, 0) is 91.5 Å². The summed E-state index contributed by atoms with van der Waals surface area (Å²) in [5.74, 6) is 1.67. The molecular formula is C28H31NO3. The molecule has 0 aliphatic heterocycles. The van der Waals surface area contributed by atoms with Crippen LogP contribution < -0.4 is 9.47 Å². The molecule has 0 bridgehead atoms. The molecule has 0 N–H and O–H groups in total. The van der Waals surface area contributed by atoms with Crippen molar-refractivity contribution in [1.29, 1.82) is 0 Å². The van der Waals surface area contributed by atoms with Crippen LogP contribution in [0.4, 0.5) is 0 Å². The predicted molar refractivity (Wildman–Crippen MR) is 130 cm³/mol. The number of nitrogens with zero attached hydrogens (tertiary/aromatic N) is 1. The molecule has 3 aromatic carbocycles. The van der Waals surface area contributed by atoms with Crippen molar-refractivity contribution in [2.24, 2.45) is 0 Å². The van der Waals surface area contributed by atoms with Crippen molar-refractivity contribution in [3.63, 3.8) is 0 Å². The summed E-state index contributed by atoms with van der Waals surface area (Å²) < 4.78 is 16.6. The molecule has 0 amide bonds. The molecule has 0 fully saturated rings. The van der Waals surface area contributed by atoms with Gasteiger partial charge in [-0.25, -0.2) is 0 Å². The summed E-state index contributed by atoms with van der Waals surface area (Å²) in [7, 11) is 5.65. The van der Waals surface area contributed by atoms with E-state index in [-0.39, 0.29) is 13.0 Å². The van der Waals surface area contributed by atoms with E-state index < -0.39 is 0 Å². The molecule has 0 spiro atoms. The van der Waals surface area contributed by atoms with E-state index in [9.17, 15) is 0 Å². The molecule has 3 aromatic rings. The Bertz CT molecular complexity index is 1070. The fourth-order valence-corrected chi connectivity index (χ4v) is 4.05. The number of benzene rings is 3. The van der Waals surface area contributed by atoms with Gasteiger partial charge in [0.05, 0.1) is 0 Å². The quantitative estimate of drug-likeness (QED) is 0.420. The minimum absolute atomic E-state index is 0.0139. The van der Waals surface area contributed by atoms with Crippen molar-refractivity contribution in [3.8, 4) is 11.5 Å². The first kappa shape index (κ1) is 22.1. The Labute approximate surface area is 191 Å². The largest absolute Gasteiger partial charge is 0.475 e. The normalized spacial score (nSPS) is 15.4. The Morgan fingerprint density at radius 1 is 0.844 bits per heavy atom. The third-order valence-electron chi connectivity index (χ3n) is 5.95. The molecule has 0 saturated heterocycles. The standard InChI is InChI=1S/C28H31NO3/c1-20(29(2)3)32-25-16-11-23(12-17-25)28(22-9-14-24(15-10-22)31-19-30-4)27-18-13-21-7-5-6-8-26(21)27/h5-12,14-17,20H,13,18-19H2,1-4H3/b28-27+. The van der Waals surface area contributed by atoms with Gasteiger partial charge in [0, 0.05) is 7.11 Å². The third-order valence-corrected chi connectivity index (χ3v) is 5.95. The van der Waals surface area contributed by atoms with Crippen LogP contribution >= 0.6 is 0 Å². The molecule has 0 radical (unpaired) electrons. The second-order valence-electron chi connectivity index (χ2n) is 8.29. The van der Waals surface area contributed by atoms with Gasteiger partial charge in [-0.3, -0.25) is 4.90 Å². The minimum Gasteiger partial charge on any atom is -0.475 e. The summed E-state index contributed by atoms with van der Waals surface area (Å²) in [6.45, 7) is 2.29. The van der Waals surface area contributed by atoms with E-state index in [4.69, 9.17) is 14.2 Å². The molecule has 1 aliphatic rings. The fraction of sp³-hybridized carbons (Fsp3) is 0.286. The number of fused-ring (bicyclic) bond motifs is 1.